The summed E-state index contributed by atoms with van der Waals surface area (Å²) in [5.74, 6) is 33.6. The van der Waals surface area contributed by atoms with Crippen LogP contribution in [0.5, 0.6) is 0 Å². The highest BCUT2D eigenvalue weighted by Crippen LogP contribution is 2.34. The molecule has 2 unspecified atom stereocenters. The maximum absolute atomic E-state index is 12.2. The molecule has 7 aromatic carbocycles. The van der Waals surface area contributed by atoms with Gasteiger partial charge in [-0.25, -0.2) is 0 Å². The van der Waals surface area contributed by atoms with Crippen LogP contribution >= 0.6 is 0 Å². The molecule has 7 rings (SSSR count). The van der Waals surface area contributed by atoms with Crippen molar-refractivity contribution >= 4 is 0 Å². The van der Waals surface area contributed by atoms with Gasteiger partial charge < -0.3 is 20.4 Å². The van der Waals surface area contributed by atoms with Gasteiger partial charge in [0.2, 0.25) is 0 Å². The topological polar surface area (TPSA) is 80.9 Å². The molecular weight excluding hydrogens is 761 g/mol. The van der Waals surface area contributed by atoms with Crippen molar-refractivity contribution in [1.82, 2.24) is 0 Å². The zero-order chi connectivity index (χ0) is 43.1. The Morgan fingerprint density at radius 2 is 0.339 bits per heavy atom. The van der Waals surface area contributed by atoms with Crippen molar-refractivity contribution < 1.29 is 20.4 Å². The summed E-state index contributed by atoms with van der Waals surface area (Å²) in [7, 11) is 0. The van der Waals surface area contributed by atoms with Gasteiger partial charge in [0.15, 0.2) is 22.4 Å². The van der Waals surface area contributed by atoms with Crippen LogP contribution in [0.1, 0.15) is 44.5 Å². The fourth-order valence-electron chi connectivity index (χ4n) is 6.88. The van der Waals surface area contributed by atoms with Crippen LogP contribution < -0.4 is 0 Å². The average molecular weight is 799 g/mol. The van der Waals surface area contributed by atoms with Crippen LogP contribution in [0, 0.1) is 71.0 Å². The molecule has 0 saturated carbocycles. The molecule has 0 aromatic heterocycles. The lowest BCUT2D eigenvalue weighted by molar-refractivity contribution is 0.141. The van der Waals surface area contributed by atoms with E-state index < -0.39 is 22.4 Å². The second kappa shape index (κ2) is 19.2. The molecule has 7 aromatic rings. The predicted molar refractivity (Wildman–Crippen MR) is 244 cm³/mol. The van der Waals surface area contributed by atoms with E-state index in [2.05, 4.69) is 71.0 Å². The van der Waals surface area contributed by atoms with Crippen LogP contribution in [-0.2, 0) is 22.4 Å². The molecular formula is C58H38O4. The highest BCUT2D eigenvalue weighted by Gasteiger charge is 2.34. The van der Waals surface area contributed by atoms with E-state index >= 15 is 0 Å². The summed E-state index contributed by atoms with van der Waals surface area (Å²) in [5.41, 5.74) is -2.48. The minimum atomic E-state index is -1.79. The molecule has 294 valence electrons. The van der Waals surface area contributed by atoms with Crippen molar-refractivity contribution in [2.75, 3.05) is 0 Å². The standard InChI is InChI=1S/C58H38O4/c59-55(47-27-11-5-12-28-47,48-29-13-6-14-30-48)43-23-1-3-25-45-57(61,51-35-19-9-20-36-51)53-39-41-54(42-40-53)58(62,52-37-21-10-22-38-52)46-26-4-2-24-44-56(60,49-31-15-7-16-32-49)50-33-17-8-18-34-50/h5-22,27-42,59-62H. The van der Waals surface area contributed by atoms with Gasteiger partial charge >= 0.3 is 0 Å². The lowest BCUT2D eigenvalue weighted by Gasteiger charge is -2.26. The van der Waals surface area contributed by atoms with Crippen LogP contribution in [-0.4, -0.2) is 20.4 Å². The largest absolute Gasteiger partial charge is 0.369 e. The molecule has 0 saturated heterocycles. The van der Waals surface area contributed by atoms with E-state index in [9.17, 15) is 20.4 Å². The molecule has 0 bridgehead atoms. The Bertz CT molecular complexity index is 2720. The highest BCUT2D eigenvalue weighted by molar-refractivity contribution is 5.54. The molecule has 0 fully saturated rings. The van der Waals surface area contributed by atoms with Crippen LogP contribution in [0.25, 0.3) is 0 Å². The summed E-state index contributed by atoms with van der Waals surface area (Å²) in [6.45, 7) is 0. The van der Waals surface area contributed by atoms with Gasteiger partial charge in [-0.05, 0) is 71.0 Å². The maximum atomic E-state index is 12.2. The van der Waals surface area contributed by atoms with Gasteiger partial charge in [-0.1, -0.05) is 206 Å². The molecule has 0 aliphatic carbocycles. The van der Waals surface area contributed by atoms with Crippen LogP contribution in [0.3, 0.4) is 0 Å². The summed E-state index contributed by atoms with van der Waals surface area (Å²) in [6.07, 6.45) is 0. The Morgan fingerprint density at radius 1 is 0.194 bits per heavy atom. The fraction of sp³-hybridized carbons (Fsp3) is 0.0690. The van der Waals surface area contributed by atoms with Crippen molar-refractivity contribution in [1.29, 1.82) is 0 Å². The van der Waals surface area contributed by atoms with Gasteiger partial charge in [0.1, 0.15) is 0 Å². The number of rotatable bonds is 8. The van der Waals surface area contributed by atoms with E-state index in [4.69, 9.17) is 0 Å². The lowest BCUT2D eigenvalue weighted by Crippen LogP contribution is -2.27. The van der Waals surface area contributed by atoms with Crippen LogP contribution in [0.15, 0.2) is 206 Å². The zero-order valence-corrected chi connectivity index (χ0v) is 33.4. The SMILES string of the molecule is OC(C#CC#CC#CC(O)(c1ccccc1)c1ccc(C(O)(C#CC#CC#CC(O)(c2ccccc2)c2ccccc2)c2ccccc2)cc1)(c1ccccc1)c1ccccc1. The Hall–Kier alpha value is -8.26. The summed E-state index contributed by atoms with van der Waals surface area (Å²) in [4.78, 5) is 0. The fourth-order valence-corrected chi connectivity index (χ4v) is 6.88. The van der Waals surface area contributed by atoms with Crippen molar-refractivity contribution in [3.8, 4) is 71.0 Å². The normalized spacial score (nSPS) is 12.3. The van der Waals surface area contributed by atoms with E-state index in [1.165, 1.54) is 0 Å². The van der Waals surface area contributed by atoms with Gasteiger partial charge in [-0.3, -0.25) is 0 Å². The van der Waals surface area contributed by atoms with E-state index in [1.807, 2.05) is 84.9 Å². The van der Waals surface area contributed by atoms with Crippen LogP contribution in [0.2, 0.25) is 0 Å². The van der Waals surface area contributed by atoms with E-state index in [1.54, 1.807) is 121 Å². The number of aliphatic hydroxyl groups is 4. The lowest BCUT2D eigenvalue weighted by atomic mass is 9.83. The predicted octanol–water partition coefficient (Wildman–Crippen LogP) is 8.05. The van der Waals surface area contributed by atoms with E-state index in [0.717, 1.165) is 0 Å². The van der Waals surface area contributed by atoms with Crippen LogP contribution in [0.4, 0.5) is 0 Å². The molecule has 0 radical (unpaired) electrons. The molecule has 4 N–H and O–H groups in total. The van der Waals surface area contributed by atoms with Gasteiger partial charge in [-0.2, -0.15) is 0 Å². The third kappa shape index (κ3) is 9.29. The first-order chi connectivity index (χ1) is 30.3. The van der Waals surface area contributed by atoms with Crippen molar-refractivity contribution in [3.63, 3.8) is 0 Å². The highest BCUT2D eigenvalue weighted by atomic mass is 16.3. The smallest absolute Gasteiger partial charge is 0.177 e. The summed E-state index contributed by atoms with van der Waals surface area (Å²) < 4.78 is 0. The number of hydrogen-bond donors (Lipinski definition) is 4. The molecule has 0 heterocycles. The summed E-state index contributed by atoms with van der Waals surface area (Å²) in [5, 5.41) is 47.8. The Morgan fingerprint density at radius 3 is 0.500 bits per heavy atom. The second-order valence-electron chi connectivity index (χ2n) is 14.1. The molecule has 0 aliphatic heterocycles. The minimum absolute atomic E-state index is 0.429. The molecule has 0 aliphatic rings. The average Bonchev–Trinajstić information content (AvgIpc) is 3.35. The number of hydrogen-bond acceptors (Lipinski definition) is 4. The molecule has 0 amide bonds. The summed E-state index contributed by atoms with van der Waals surface area (Å²) >= 11 is 0. The molecule has 2 atom stereocenters. The van der Waals surface area contributed by atoms with Crippen molar-refractivity contribution in [2.24, 2.45) is 0 Å². The molecule has 4 nitrogen and oxygen atoms in total. The van der Waals surface area contributed by atoms with Crippen molar-refractivity contribution in [2.45, 2.75) is 22.4 Å². The Kier molecular flexibility index (Phi) is 13.0. The van der Waals surface area contributed by atoms with Gasteiger partial charge in [0, 0.05) is 44.5 Å². The third-order valence-electron chi connectivity index (χ3n) is 10.2. The van der Waals surface area contributed by atoms with E-state index in [-0.39, 0.29) is 0 Å². The molecule has 62 heavy (non-hydrogen) atoms. The number of benzene rings is 7. The Balaban J connectivity index is 1.19. The first kappa shape index (κ1) is 41.9. The van der Waals surface area contributed by atoms with E-state index in [0.29, 0.717) is 44.5 Å². The van der Waals surface area contributed by atoms with Gasteiger partial charge in [0.05, 0.1) is 0 Å². The summed E-state index contributed by atoms with van der Waals surface area (Å²) in [6, 6.07) is 61.3. The Labute approximate surface area is 363 Å². The quantitative estimate of drug-likeness (QED) is 0.117. The first-order valence-electron chi connectivity index (χ1n) is 19.7. The van der Waals surface area contributed by atoms with Gasteiger partial charge in [0.25, 0.3) is 0 Å². The first-order valence-corrected chi connectivity index (χ1v) is 19.7. The molecule has 0 spiro atoms. The zero-order valence-electron chi connectivity index (χ0n) is 33.4. The third-order valence-corrected chi connectivity index (χ3v) is 10.2. The second-order valence-corrected chi connectivity index (χ2v) is 14.1. The van der Waals surface area contributed by atoms with Gasteiger partial charge in [-0.15, -0.1) is 0 Å². The minimum Gasteiger partial charge on any atom is -0.369 e. The molecule has 4 heteroatoms. The monoisotopic (exact) mass is 798 g/mol. The van der Waals surface area contributed by atoms with Crippen molar-refractivity contribution in [3.05, 3.63) is 251 Å². The maximum Gasteiger partial charge on any atom is 0.177 e.